The molecule has 0 spiro atoms. The van der Waals surface area contributed by atoms with Gasteiger partial charge in [0, 0.05) is 10.8 Å². The Morgan fingerprint density at radius 3 is 1.03 bits per heavy atom. The molecule has 0 bridgehead atoms. The highest BCUT2D eigenvalue weighted by atomic mass is 31.0. The Bertz CT molecular complexity index is 971. The van der Waals surface area contributed by atoms with Gasteiger partial charge in [-0.05, 0) is 46.9 Å². The Kier molecular flexibility index (Phi) is 8.94. The van der Waals surface area contributed by atoms with Crippen LogP contribution in [0.1, 0.15) is 48.4 Å². The quantitative estimate of drug-likeness (QED) is 0.183. The fourth-order valence-corrected chi connectivity index (χ4v) is 7.67. The maximum atomic E-state index is 3.15. The van der Waals surface area contributed by atoms with Crippen molar-refractivity contribution in [3.8, 4) is 0 Å². The molecular weight excluding hydrogens is 458 g/mol. The van der Waals surface area contributed by atoms with Crippen LogP contribution < -0.4 is 0 Å². The number of rotatable bonds is 11. The Morgan fingerprint density at radius 2 is 0.800 bits per heavy atom. The molecule has 0 nitrogen and oxygen atoms in total. The molecule has 2 heteroatoms. The minimum atomic E-state index is -0.162. The van der Waals surface area contributed by atoms with Crippen molar-refractivity contribution in [2.24, 2.45) is 5.92 Å². The minimum absolute atomic E-state index is 0.162. The van der Waals surface area contributed by atoms with E-state index in [0.29, 0.717) is 5.92 Å². The summed E-state index contributed by atoms with van der Waals surface area (Å²) in [6.45, 7) is 2.32. The van der Waals surface area contributed by atoms with Crippen LogP contribution in [0.5, 0.6) is 0 Å². The van der Waals surface area contributed by atoms with Crippen molar-refractivity contribution < 1.29 is 0 Å². The van der Waals surface area contributed by atoms with Crippen molar-refractivity contribution in [3.63, 3.8) is 0 Å². The summed E-state index contributed by atoms with van der Waals surface area (Å²) in [7, 11) is 6.30. The van der Waals surface area contributed by atoms with Crippen LogP contribution in [0.2, 0.25) is 0 Å². The third-order valence-corrected chi connectivity index (χ3v) is 9.12. The zero-order chi connectivity index (χ0) is 24.6. The molecule has 0 aromatic heterocycles. The second kappa shape index (κ2) is 12.1. The predicted molar refractivity (Wildman–Crippen MR) is 159 cm³/mol. The summed E-state index contributed by atoms with van der Waals surface area (Å²) in [5.41, 5.74) is 5.28. The van der Waals surface area contributed by atoms with Crippen LogP contribution in [0.4, 0.5) is 0 Å². The molecule has 0 aliphatic rings. The molecular formula is C33H38P2. The summed E-state index contributed by atoms with van der Waals surface area (Å²) in [6.07, 6.45) is 5.45. The largest absolute Gasteiger partial charge is 0.136 e. The molecule has 180 valence electrons. The molecule has 0 N–H and O–H groups in total. The molecule has 0 saturated heterocycles. The van der Waals surface area contributed by atoms with Crippen molar-refractivity contribution in [2.45, 2.75) is 37.0 Å². The molecule has 0 aliphatic heterocycles. The van der Waals surface area contributed by atoms with Crippen molar-refractivity contribution in [1.29, 1.82) is 0 Å². The van der Waals surface area contributed by atoms with Gasteiger partial charge in [0.25, 0.3) is 0 Å². The van der Waals surface area contributed by atoms with E-state index in [2.05, 4.69) is 147 Å². The van der Waals surface area contributed by atoms with E-state index in [1.54, 1.807) is 0 Å². The molecule has 4 rings (SSSR count). The molecule has 0 heterocycles. The van der Waals surface area contributed by atoms with E-state index < -0.39 is 0 Å². The summed E-state index contributed by atoms with van der Waals surface area (Å²) < 4.78 is 0. The molecule has 0 fully saturated rings. The zero-order valence-electron chi connectivity index (χ0n) is 20.8. The standard InChI is InChI=1S/C33H38P2/c1-2-3-24-31(32(25-34,27-16-8-4-9-17-27)28-18-10-5-11-19-28)33(26-35,29-20-12-6-13-21-29)30-22-14-7-15-23-30/h4-23,31H,2-3,24-26,34-35H2,1H3. The Balaban J connectivity index is 2.11. The molecule has 0 amide bonds. The third-order valence-electron chi connectivity index (χ3n) is 7.84. The lowest BCUT2D eigenvalue weighted by Gasteiger charge is -2.52. The molecule has 4 aromatic rings. The molecule has 4 aromatic carbocycles. The van der Waals surface area contributed by atoms with Gasteiger partial charge in [0.05, 0.1) is 0 Å². The molecule has 2 atom stereocenters. The predicted octanol–water partition coefficient (Wildman–Crippen LogP) is 8.52. The van der Waals surface area contributed by atoms with Crippen molar-refractivity contribution >= 4 is 18.5 Å². The third kappa shape index (κ3) is 4.89. The summed E-state index contributed by atoms with van der Waals surface area (Å²) in [5.74, 6) is 0.347. The first-order valence-electron chi connectivity index (χ1n) is 12.9. The summed E-state index contributed by atoms with van der Waals surface area (Å²) in [4.78, 5) is 0. The van der Waals surface area contributed by atoms with Crippen LogP contribution in [0, 0.1) is 5.92 Å². The van der Waals surface area contributed by atoms with E-state index in [1.165, 1.54) is 35.1 Å². The lowest BCUT2D eigenvalue weighted by Crippen LogP contribution is -2.52. The van der Waals surface area contributed by atoms with Crippen molar-refractivity contribution in [1.82, 2.24) is 0 Å². The van der Waals surface area contributed by atoms with E-state index in [4.69, 9.17) is 0 Å². The second-order valence-corrected chi connectivity index (χ2v) is 10.3. The van der Waals surface area contributed by atoms with Gasteiger partial charge in [0.15, 0.2) is 0 Å². The van der Waals surface area contributed by atoms with E-state index in [9.17, 15) is 0 Å². The molecule has 35 heavy (non-hydrogen) atoms. The lowest BCUT2D eigenvalue weighted by molar-refractivity contribution is 0.222. The maximum absolute atomic E-state index is 3.15. The molecule has 0 radical (unpaired) electrons. The van der Waals surface area contributed by atoms with Gasteiger partial charge < -0.3 is 0 Å². The SMILES string of the molecule is CCCCC(C(CP)(c1ccccc1)c1ccccc1)C(CP)(c1ccccc1)c1ccccc1. The summed E-state index contributed by atoms with van der Waals surface area (Å²) in [5, 5.41) is 0. The average molecular weight is 497 g/mol. The Labute approximate surface area is 217 Å². The number of unbranched alkanes of at least 4 members (excludes halogenated alkanes) is 1. The monoisotopic (exact) mass is 496 g/mol. The lowest BCUT2D eigenvalue weighted by atomic mass is 9.52. The molecule has 2 unspecified atom stereocenters. The number of hydrogen-bond donors (Lipinski definition) is 0. The average Bonchev–Trinajstić information content (AvgIpc) is 2.95. The topological polar surface area (TPSA) is 0 Å². The van der Waals surface area contributed by atoms with E-state index in [0.717, 1.165) is 18.7 Å². The van der Waals surface area contributed by atoms with E-state index >= 15 is 0 Å². The van der Waals surface area contributed by atoms with Crippen LogP contribution in [0.25, 0.3) is 0 Å². The first-order chi connectivity index (χ1) is 17.2. The van der Waals surface area contributed by atoms with Crippen LogP contribution in [-0.2, 0) is 10.8 Å². The van der Waals surface area contributed by atoms with Gasteiger partial charge in [-0.1, -0.05) is 141 Å². The van der Waals surface area contributed by atoms with Gasteiger partial charge in [-0.2, -0.15) is 0 Å². The molecule has 0 aliphatic carbocycles. The highest BCUT2D eigenvalue weighted by Crippen LogP contribution is 2.55. The first kappa shape index (κ1) is 25.8. The van der Waals surface area contributed by atoms with Gasteiger partial charge in [0.2, 0.25) is 0 Å². The van der Waals surface area contributed by atoms with Gasteiger partial charge in [-0.15, -0.1) is 18.5 Å². The van der Waals surface area contributed by atoms with Gasteiger partial charge in [-0.25, -0.2) is 0 Å². The first-order valence-corrected chi connectivity index (χ1v) is 14.5. The fourth-order valence-electron chi connectivity index (χ4n) is 6.16. The highest BCUT2D eigenvalue weighted by Gasteiger charge is 2.52. The van der Waals surface area contributed by atoms with E-state index in [-0.39, 0.29) is 10.8 Å². The maximum Gasteiger partial charge on any atom is 0.0277 e. The second-order valence-electron chi connectivity index (χ2n) is 9.51. The summed E-state index contributed by atoms with van der Waals surface area (Å²) >= 11 is 0. The summed E-state index contributed by atoms with van der Waals surface area (Å²) in [6, 6.07) is 45.0. The van der Waals surface area contributed by atoms with E-state index in [1.807, 2.05) is 0 Å². The van der Waals surface area contributed by atoms with Gasteiger partial charge in [-0.3, -0.25) is 0 Å². The van der Waals surface area contributed by atoms with Crippen molar-refractivity contribution in [2.75, 3.05) is 12.3 Å². The highest BCUT2D eigenvalue weighted by molar-refractivity contribution is 7.16. The van der Waals surface area contributed by atoms with Gasteiger partial charge >= 0.3 is 0 Å². The smallest absolute Gasteiger partial charge is 0.0277 e. The van der Waals surface area contributed by atoms with Crippen LogP contribution in [-0.4, -0.2) is 12.3 Å². The normalized spacial score (nSPS) is 12.1. The number of hydrogen-bond acceptors (Lipinski definition) is 0. The van der Waals surface area contributed by atoms with Crippen LogP contribution in [0.3, 0.4) is 0 Å². The Morgan fingerprint density at radius 1 is 0.514 bits per heavy atom. The van der Waals surface area contributed by atoms with Crippen molar-refractivity contribution in [3.05, 3.63) is 144 Å². The minimum Gasteiger partial charge on any atom is -0.136 e. The van der Waals surface area contributed by atoms with Crippen LogP contribution in [0.15, 0.2) is 121 Å². The fraction of sp³-hybridized carbons (Fsp3) is 0.273. The zero-order valence-corrected chi connectivity index (χ0v) is 23.1. The van der Waals surface area contributed by atoms with Gasteiger partial charge in [0.1, 0.15) is 0 Å². The molecule has 0 saturated carbocycles. The Hall–Kier alpha value is -2.26. The number of benzene rings is 4. The van der Waals surface area contributed by atoms with Crippen LogP contribution >= 0.6 is 18.5 Å².